The lowest BCUT2D eigenvalue weighted by Crippen LogP contribution is -2.08. The summed E-state index contributed by atoms with van der Waals surface area (Å²) in [5.74, 6) is 0.694. The van der Waals surface area contributed by atoms with Crippen molar-refractivity contribution in [2.24, 2.45) is 0 Å². The highest BCUT2D eigenvalue weighted by Crippen LogP contribution is 2.29. The zero-order valence-corrected chi connectivity index (χ0v) is 8.99. The van der Waals surface area contributed by atoms with E-state index in [1.165, 1.54) is 0 Å². The Bertz CT molecular complexity index is 276. The zero-order valence-electron chi connectivity index (χ0n) is 8.99. The molecule has 1 rings (SSSR count). The summed E-state index contributed by atoms with van der Waals surface area (Å²) in [6, 6.07) is 5.58. The first-order chi connectivity index (χ1) is 7.29. The van der Waals surface area contributed by atoms with Gasteiger partial charge in [0.25, 0.3) is 0 Å². The van der Waals surface area contributed by atoms with Crippen LogP contribution in [0.1, 0.15) is 13.3 Å². The summed E-state index contributed by atoms with van der Waals surface area (Å²) in [7, 11) is 0. The zero-order chi connectivity index (χ0) is 11.1. The van der Waals surface area contributed by atoms with Crippen LogP contribution in [0.4, 0.5) is 11.4 Å². The third-order valence-corrected chi connectivity index (χ3v) is 1.96. The Morgan fingerprint density at radius 2 is 2.27 bits per heavy atom. The van der Waals surface area contributed by atoms with Crippen LogP contribution in [-0.2, 0) is 0 Å². The van der Waals surface area contributed by atoms with Crippen molar-refractivity contribution in [3.05, 3.63) is 18.2 Å². The first-order valence-electron chi connectivity index (χ1n) is 5.15. The third kappa shape index (κ3) is 3.32. The van der Waals surface area contributed by atoms with Gasteiger partial charge in [-0.05, 0) is 18.6 Å². The topological polar surface area (TPSA) is 67.5 Å². The van der Waals surface area contributed by atoms with Crippen molar-refractivity contribution in [2.45, 2.75) is 13.3 Å². The number of anilines is 2. The smallest absolute Gasteiger partial charge is 0.144 e. The molecule has 0 saturated heterocycles. The number of rotatable bonds is 6. The van der Waals surface area contributed by atoms with Gasteiger partial charge in [-0.1, -0.05) is 13.0 Å². The van der Waals surface area contributed by atoms with E-state index in [2.05, 4.69) is 5.32 Å². The van der Waals surface area contributed by atoms with Crippen molar-refractivity contribution in [3.8, 4) is 5.75 Å². The molecular weight excluding hydrogens is 192 g/mol. The van der Waals surface area contributed by atoms with Crippen LogP contribution in [-0.4, -0.2) is 24.9 Å². The van der Waals surface area contributed by atoms with Gasteiger partial charge in [0.15, 0.2) is 0 Å². The molecule has 0 fully saturated rings. The van der Waals surface area contributed by atoms with Crippen molar-refractivity contribution in [1.82, 2.24) is 0 Å². The largest absolute Gasteiger partial charge is 0.491 e. The molecule has 15 heavy (non-hydrogen) atoms. The third-order valence-electron chi connectivity index (χ3n) is 1.96. The molecule has 1 aromatic rings. The molecule has 0 radical (unpaired) electrons. The van der Waals surface area contributed by atoms with Crippen LogP contribution in [0.25, 0.3) is 0 Å². The Balaban J connectivity index is 2.71. The summed E-state index contributed by atoms with van der Waals surface area (Å²) >= 11 is 0. The molecule has 0 heterocycles. The molecule has 4 N–H and O–H groups in total. The number of nitrogen functional groups attached to an aromatic ring is 1. The predicted octanol–water partition coefficient (Wildman–Crippen LogP) is 1.46. The second kappa shape index (κ2) is 6.14. The van der Waals surface area contributed by atoms with Gasteiger partial charge in [-0.25, -0.2) is 0 Å². The van der Waals surface area contributed by atoms with E-state index < -0.39 is 0 Å². The number of nitrogens with two attached hydrogens (primary N) is 1. The van der Waals surface area contributed by atoms with Gasteiger partial charge in [-0.3, -0.25) is 0 Å². The highest BCUT2D eigenvalue weighted by Gasteiger charge is 2.04. The van der Waals surface area contributed by atoms with Gasteiger partial charge in [0.1, 0.15) is 5.75 Å². The first kappa shape index (κ1) is 11.7. The second-order valence-electron chi connectivity index (χ2n) is 3.22. The minimum atomic E-state index is 0.0828. The molecule has 84 valence electrons. The summed E-state index contributed by atoms with van der Waals surface area (Å²) < 4.78 is 5.48. The summed E-state index contributed by atoms with van der Waals surface area (Å²) in [5, 5.41) is 11.7. The van der Waals surface area contributed by atoms with E-state index in [1.54, 1.807) is 0 Å². The van der Waals surface area contributed by atoms with Gasteiger partial charge in [0.2, 0.25) is 0 Å². The second-order valence-corrected chi connectivity index (χ2v) is 3.22. The molecule has 0 bridgehead atoms. The highest BCUT2D eigenvalue weighted by atomic mass is 16.5. The average molecular weight is 210 g/mol. The molecule has 0 unspecified atom stereocenters. The van der Waals surface area contributed by atoms with E-state index >= 15 is 0 Å². The molecule has 0 aliphatic carbocycles. The highest BCUT2D eigenvalue weighted by molar-refractivity contribution is 5.72. The van der Waals surface area contributed by atoms with Crippen molar-refractivity contribution >= 4 is 11.4 Å². The monoisotopic (exact) mass is 210 g/mol. The van der Waals surface area contributed by atoms with Gasteiger partial charge >= 0.3 is 0 Å². The lowest BCUT2D eigenvalue weighted by molar-refractivity contribution is 0.310. The Morgan fingerprint density at radius 1 is 1.47 bits per heavy atom. The predicted molar refractivity (Wildman–Crippen MR) is 62.2 cm³/mol. The van der Waals surface area contributed by atoms with Crippen LogP contribution in [0.5, 0.6) is 5.75 Å². The average Bonchev–Trinajstić information content (AvgIpc) is 2.26. The van der Waals surface area contributed by atoms with Crippen molar-refractivity contribution in [1.29, 1.82) is 0 Å². The summed E-state index contributed by atoms with van der Waals surface area (Å²) in [6.45, 7) is 3.28. The van der Waals surface area contributed by atoms with Gasteiger partial charge in [-0.15, -0.1) is 0 Å². The molecule has 0 amide bonds. The van der Waals surface area contributed by atoms with E-state index in [-0.39, 0.29) is 6.61 Å². The summed E-state index contributed by atoms with van der Waals surface area (Å²) in [4.78, 5) is 0. The van der Waals surface area contributed by atoms with Crippen LogP contribution in [0, 0.1) is 0 Å². The minimum Gasteiger partial charge on any atom is -0.491 e. The molecule has 0 aliphatic heterocycles. The van der Waals surface area contributed by atoms with E-state index in [1.807, 2.05) is 25.1 Å². The standard InChI is InChI=1S/C11H18N2O2/c1-2-8-15-10-5-3-4-9(11(10)12)13-6-7-14/h3-5,13-14H,2,6-8,12H2,1H3. The van der Waals surface area contributed by atoms with Crippen molar-refractivity contribution in [3.63, 3.8) is 0 Å². The quantitative estimate of drug-likeness (QED) is 0.622. The Hall–Kier alpha value is -1.42. The lowest BCUT2D eigenvalue weighted by Gasteiger charge is -2.12. The van der Waals surface area contributed by atoms with E-state index in [4.69, 9.17) is 15.6 Å². The SMILES string of the molecule is CCCOc1cccc(NCCO)c1N. The van der Waals surface area contributed by atoms with Gasteiger partial charge in [0, 0.05) is 6.54 Å². The molecule has 0 aliphatic rings. The van der Waals surface area contributed by atoms with Crippen LogP contribution >= 0.6 is 0 Å². The molecule has 4 heteroatoms. The molecule has 0 spiro atoms. The van der Waals surface area contributed by atoms with Crippen LogP contribution in [0.2, 0.25) is 0 Å². The number of ether oxygens (including phenoxy) is 1. The number of aliphatic hydroxyl groups excluding tert-OH is 1. The van der Waals surface area contributed by atoms with Crippen LogP contribution < -0.4 is 15.8 Å². The fraction of sp³-hybridized carbons (Fsp3) is 0.455. The fourth-order valence-corrected chi connectivity index (χ4v) is 1.23. The van der Waals surface area contributed by atoms with Crippen LogP contribution in [0.15, 0.2) is 18.2 Å². The molecule has 0 saturated carbocycles. The maximum atomic E-state index is 8.69. The molecular formula is C11H18N2O2. The Labute approximate surface area is 90.1 Å². The normalized spacial score (nSPS) is 10.0. The molecule has 0 atom stereocenters. The molecule has 4 nitrogen and oxygen atoms in total. The number of benzene rings is 1. The molecule has 1 aromatic carbocycles. The minimum absolute atomic E-state index is 0.0828. The van der Waals surface area contributed by atoms with Crippen LogP contribution in [0.3, 0.4) is 0 Å². The number of nitrogens with one attached hydrogen (secondary N) is 1. The fourth-order valence-electron chi connectivity index (χ4n) is 1.23. The summed E-state index contributed by atoms with van der Waals surface area (Å²) in [5.41, 5.74) is 7.30. The van der Waals surface area contributed by atoms with Gasteiger partial charge < -0.3 is 20.9 Å². The van der Waals surface area contributed by atoms with E-state index in [9.17, 15) is 0 Å². The lowest BCUT2D eigenvalue weighted by atomic mass is 10.2. The maximum Gasteiger partial charge on any atom is 0.144 e. The first-order valence-corrected chi connectivity index (χ1v) is 5.15. The van der Waals surface area contributed by atoms with Crippen molar-refractivity contribution < 1.29 is 9.84 Å². The van der Waals surface area contributed by atoms with Gasteiger partial charge in [0.05, 0.1) is 24.6 Å². The van der Waals surface area contributed by atoms with Crippen molar-refractivity contribution in [2.75, 3.05) is 30.8 Å². The molecule has 0 aromatic heterocycles. The van der Waals surface area contributed by atoms with Gasteiger partial charge in [-0.2, -0.15) is 0 Å². The maximum absolute atomic E-state index is 8.69. The Morgan fingerprint density at radius 3 is 2.93 bits per heavy atom. The number of aliphatic hydroxyl groups is 1. The van der Waals surface area contributed by atoms with E-state index in [0.717, 1.165) is 12.1 Å². The number of para-hydroxylation sites is 1. The number of hydrogen-bond donors (Lipinski definition) is 3. The number of hydrogen-bond acceptors (Lipinski definition) is 4. The Kier molecular flexibility index (Phi) is 4.77. The summed E-state index contributed by atoms with van der Waals surface area (Å²) in [6.07, 6.45) is 0.952. The van der Waals surface area contributed by atoms with E-state index in [0.29, 0.717) is 24.6 Å².